The number of aromatic nitrogens is 2. The lowest BCUT2D eigenvalue weighted by atomic mass is 10.1. The lowest BCUT2D eigenvalue weighted by Gasteiger charge is -2.07. The van der Waals surface area contributed by atoms with Gasteiger partial charge in [-0.05, 0) is 11.5 Å². The molecule has 0 radical (unpaired) electrons. The molecule has 1 heterocycles. The van der Waals surface area contributed by atoms with E-state index in [-0.39, 0.29) is 0 Å². The van der Waals surface area contributed by atoms with Crippen molar-refractivity contribution in [1.82, 2.24) is 10.2 Å². The van der Waals surface area contributed by atoms with Crippen molar-refractivity contribution in [3.8, 4) is 0 Å². The van der Waals surface area contributed by atoms with Crippen molar-refractivity contribution < 1.29 is 4.42 Å². The Morgan fingerprint density at radius 2 is 1.79 bits per heavy atom. The molecule has 2 aromatic carbocycles. The Balaban J connectivity index is 1.81. The maximum absolute atomic E-state index is 5.48. The third kappa shape index (κ3) is 2.42. The molecule has 0 unspecified atom stereocenters. The molecule has 19 heavy (non-hydrogen) atoms. The molecule has 0 saturated heterocycles. The molecule has 3 rings (SSSR count). The number of aryl methyl sites for hydroxylation is 1. The normalized spacial score (nSPS) is 10.8. The molecule has 4 nitrogen and oxygen atoms in total. The Kier molecular flexibility index (Phi) is 3.14. The maximum atomic E-state index is 5.48. The van der Waals surface area contributed by atoms with Gasteiger partial charge in [-0.2, -0.15) is 0 Å². The summed E-state index contributed by atoms with van der Waals surface area (Å²) in [7, 11) is 0. The van der Waals surface area contributed by atoms with E-state index in [4.69, 9.17) is 4.42 Å². The van der Waals surface area contributed by atoms with E-state index in [1.54, 1.807) is 0 Å². The number of benzene rings is 2. The summed E-state index contributed by atoms with van der Waals surface area (Å²) in [4.78, 5) is 0. The number of rotatable bonds is 4. The molecule has 1 N–H and O–H groups in total. The minimum absolute atomic E-state index is 0.543. The van der Waals surface area contributed by atoms with Crippen molar-refractivity contribution in [2.45, 2.75) is 19.9 Å². The summed E-state index contributed by atoms with van der Waals surface area (Å²) < 4.78 is 5.48. The first-order valence-corrected chi connectivity index (χ1v) is 6.39. The van der Waals surface area contributed by atoms with Gasteiger partial charge in [0.25, 0.3) is 0 Å². The van der Waals surface area contributed by atoms with Crippen molar-refractivity contribution in [2.75, 3.05) is 5.32 Å². The van der Waals surface area contributed by atoms with Gasteiger partial charge in [-0.3, -0.25) is 0 Å². The smallest absolute Gasteiger partial charge is 0.235 e. The Morgan fingerprint density at radius 3 is 2.63 bits per heavy atom. The molecule has 0 atom stereocenters. The zero-order valence-corrected chi connectivity index (χ0v) is 10.8. The number of nitrogens with one attached hydrogen (secondary N) is 1. The standard InChI is InChI=1S/C15H15N3O/c1-2-14-17-18-15(19-14)10-16-13-9-5-7-11-6-3-4-8-12(11)13/h3-9,16H,2,10H2,1H3. The Morgan fingerprint density at radius 1 is 1.00 bits per heavy atom. The average molecular weight is 253 g/mol. The largest absolute Gasteiger partial charge is 0.423 e. The molecule has 3 aromatic rings. The Hall–Kier alpha value is -2.36. The summed E-state index contributed by atoms with van der Waals surface area (Å²) >= 11 is 0. The van der Waals surface area contributed by atoms with E-state index < -0.39 is 0 Å². The van der Waals surface area contributed by atoms with Gasteiger partial charge < -0.3 is 9.73 Å². The second kappa shape index (κ2) is 5.10. The molecule has 1 aromatic heterocycles. The number of nitrogens with zero attached hydrogens (tertiary/aromatic N) is 2. The van der Waals surface area contributed by atoms with Crippen molar-refractivity contribution >= 4 is 16.5 Å². The van der Waals surface area contributed by atoms with Gasteiger partial charge in [0.05, 0.1) is 6.54 Å². The van der Waals surface area contributed by atoms with Gasteiger partial charge in [-0.25, -0.2) is 0 Å². The van der Waals surface area contributed by atoms with Crippen LogP contribution in [0.4, 0.5) is 5.69 Å². The average Bonchev–Trinajstić information content (AvgIpc) is 2.93. The van der Waals surface area contributed by atoms with Crippen LogP contribution < -0.4 is 5.32 Å². The second-order valence-corrected chi connectivity index (χ2v) is 4.32. The van der Waals surface area contributed by atoms with Crippen LogP contribution in [0.2, 0.25) is 0 Å². The highest BCUT2D eigenvalue weighted by molar-refractivity contribution is 5.93. The summed E-state index contributed by atoms with van der Waals surface area (Å²) in [5, 5.41) is 13.7. The molecular formula is C15H15N3O. The fourth-order valence-electron chi connectivity index (χ4n) is 2.05. The molecule has 0 saturated carbocycles. The summed E-state index contributed by atoms with van der Waals surface area (Å²) in [6.07, 6.45) is 0.765. The third-order valence-corrected chi connectivity index (χ3v) is 3.03. The summed E-state index contributed by atoms with van der Waals surface area (Å²) in [6.45, 7) is 2.54. The molecule has 0 spiro atoms. The van der Waals surface area contributed by atoms with Crippen LogP contribution in [0.3, 0.4) is 0 Å². The predicted molar refractivity (Wildman–Crippen MR) is 75.0 cm³/mol. The van der Waals surface area contributed by atoms with Crippen LogP contribution in [0.1, 0.15) is 18.7 Å². The lowest BCUT2D eigenvalue weighted by molar-refractivity contribution is 0.460. The maximum Gasteiger partial charge on any atom is 0.235 e. The van der Waals surface area contributed by atoms with Crippen LogP contribution in [0.15, 0.2) is 46.9 Å². The molecule has 96 valence electrons. The number of fused-ring (bicyclic) bond motifs is 1. The zero-order valence-electron chi connectivity index (χ0n) is 10.8. The fraction of sp³-hybridized carbons (Fsp3) is 0.200. The van der Waals surface area contributed by atoms with Gasteiger partial charge >= 0.3 is 0 Å². The van der Waals surface area contributed by atoms with Gasteiger partial charge in [-0.15, -0.1) is 10.2 Å². The first-order valence-electron chi connectivity index (χ1n) is 6.39. The molecular weight excluding hydrogens is 238 g/mol. The topological polar surface area (TPSA) is 51.0 Å². The van der Waals surface area contributed by atoms with E-state index in [2.05, 4.69) is 39.8 Å². The van der Waals surface area contributed by atoms with E-state index in [9.17, 15) is 0 Å². The van der Waals surface area contributed by atoms with Gasteiger partial charge in [0.1, 0.15) is 0 Å². The number of anilines is 1. The van der Waals surface area contributed by atoms with Crippen molar-refractivity contribution in [3.05, 3.63) is 54.2 Å². The number of hydrogen-bond acceptors (Lipinski definition) is 4. The Labute approximate surface area is 111 Å². The van der Waals surface area contributed by atoms with E-state index in [1.165, 1.54) is 10.8 Å². The van der Waals surface area contributed by atoms with E-state index >= 15 is 0 Å². The van der Waals surface area contributed by atoms with E-state index in [0.717, 1.165) is 12.1 Å². The van der Waals surface area contributed by atoms with Crippen LogP contribution >= 0.6 is 0 Å². The molecule has 0 aliphatic carbocycles. The van der Waals surface area contributed by atoms with Gasteiger partial charge in [0.15, 0.2) is 0 Å². The Bertz CT molecular complexity index is 685. The highest BCUT2D eigenvalue weighted by Crippen LogP contribution is 2.23. The first kappa shape index (κ1) is 11.7. The molecule has 0 amide bonds. The van der Waals surface area contributed by atoms with Crippen molar-refractivity contribution in [1.29, 1.82) is 0 Å². The van der Waals surface area contributed by atoms with E-state index in [0.29, 0.717) is 18.3 Å². The number of hydrogen-bond donors (Lipinski definition) is 1. The van der Waals surface area contributed by atoms with Crippen LogP contribution in [-0.4, -0.2) is 10.2 Å². The van der Waals surface area contributed by atoms with Crippen LogP contribution in [-0.2, 0) is 13.0 Å². The molecule has 0 fully saturated rings. The minimum Gasteiger partial charge on any atom is -0.423 e. The molecule has 0 aliphatic rings. The molecule has 4 heteroatoms. The summed E-state index contributed by atoms with van der Waals surface area (Å²) in [5.74, 6) is 1.29. The summed E-state index contributed by atoms with van der Waals surface area (Å²) in [6, 6.07) is 14.5. The van der Waals surface area contributed by atoms with Gasteiger partial charge in [0.2, 0.25) is 11.8 Å². The molecule has 0 bridgehead atoms. The van der Waals surface area contributed by atoms with Crippen LogP contribution in [0.5, 0.6) is 0 Å². The first-order chi connectivity index (χ1) is 9.36. The third-order valence-electron chi connectivity index (χ3n) is 3.03. The SMILES string of the molecule is CCc1nnc(CNc2cccc3ccccc23)o1. The highest BCUT2D eigenvalue weighted by atomic mass is 16.4. The summed E-state index contributed by atoms with van der Waals surface area (Å²) in [5.41, 5.74) is 1.08. The highest BCUT2D eigenvalue weighted by Gasteiger charge is 2.05. The fourth-order valence-corrected chi connectivity index (χ4v) is 2.05. The van der Waals surface area contributed by atoms with Gasteiger partial charge in [-0.1, -0.05) is 43.3 Å². The monoisotopic (exact) mass is 253 g/mol. The van der Waals surface area contributed by atoms with Gasteiger partial charge in [0, 0.05) is 17.5 Å². The minimum atomic E-state index is 0.543. The van der Waals surface area contributed by atoms with Crippen molar-refractivity contribution in [3.63, 3.8) is 0 Å². The lowest BCUT2D eigenvalue weighted by Crippen LogP contribution is -2.00. The van der Waals surface area contributed by atoms with Crippen LogP contribution in [0, 0.1) is 0 Å². The van der Waals surface area contributed by atoms with Crippen LogP contribution in [0.25, 0.3) is 10.8 Å². The van der Waals surface area contributed by atoms with Crippen molar-refractivity contribution in [2.24, 2.45) is 0 Å². The zero-order chi connectivity index (χ0) is 13.1. The van der Waals surface area contributed by atoms with E-state index in [1.807, 2.05) is 25.1 Å². The quantitative estimate of drug-likeness (QED) is 0.774. The predicted octanol–water partition coefficient (Wildman–Crippen LogP) is 3.40. The molecule has 0 aliphatic heterocycles. The second-order valence-electron chi connectivity index (χ2n) is 4.32.